The van der Waals surface area contributed by atoms with Gasteiger partial charge in [-0.05, 0) is 17.9 Å². The summed E-state index contributed by atoms with van der Waals surface area (Å²) in [6.07, 6.45) is 5.52. The summed E-state index contributed by atoms with van der Waals surface area (Å²) in [6.45, 7) is 0. The molecule has 0 aliphatic carbocycles. The van der Waals surface area contributed by atoms with E-state index in [-0.39, 0.29) is 5.78 Å². The van der Waals surface area contributed by atoms with Crippen molar-refractivity contribution >= 4 is 29.1 Å². The predicted molar refractivity (Wildman–Crippen MR) is 56.3 cm³/mol. The number of thioether (sulfide) groups is 1. The van der Waals surface area contributed by atoms with Gasteiger partial charge in [0.05, 0.1) is 10.8 Å². The zero-order valence-electron chi connectivity index (χ0n) is 7.29. The zero-order valence-corrected chi connectivity index (χ0v) is 8.86. The van der Waals surface area contributed by atoms with E-state index in [2.05, 4.69) is 4.98 Å². The highest BCUT2D eigenvalue weighted by molar-refractivity contribution is 7.99. The Morgan fingerprint density at radius 1 is 1.69 bits per heavy atom. The van der Waals surface area contributed by atoms with E-state index in [9.17, 15) is 4.79 Å². The molecule has 0 aliphatic rings. The van der Waals surface area contributed by atoms with Crippen LogP contribution >= 0.6 is 23.4 Å². The smallest absolute Gasteiger partial charge is 0.147 e. The van der Waals surface area contributed by atoms with Crippen LogP contribution < -0.4 is 0 Å². The van der Waals surface area contributed by atoms with Crippen LogP contribution in [0.15, 0.2) is 18.5 Å². The first-order valence-corrected chi connectivity index (χ1v) is 5.60. The molecule has 1 heterocycles. The molecule has 0 N–H and O–H groups in total. The molecule has 0 aromatic carbocycles. The molecule has 1 aromatic rings. The number of rotatable bonds is 4. The van der Waals surface area contributed by atoms with Crippen molar-refractivity contribution < 1.29 is 4.79 Å². The van der Waals surface area contributed by atoms with Gasteiger partial charge in [0, 0.05) is 18.8 Å². The highest BCUT2D eigenvalue weighted by Crippen LogP contribution is 2.14. The van der Waals surface area contributed by atoms with Gasteiger partial charge in [0.2, 0.25) is 0 Å². The summed E-state index contributed by atoms with van der Waals surface area (Å²) in [5.41, 5.74) is 0.857. The van der Waals surface area contributed by atoms with Crippen molar-refractivity contribution in [1.82, 2.24) is 4.98 Å². The SMILES string of the molecule is CSCC(=O)Cc1ccncc1Cl. The van der Waals surface area contributed by atoms with E-state index in [0.717, 1.165) is 5.56 Å². The molecule has 0 saturated carbocycles. The van der Waals surface area contributed by atoms with Crippen molar-refractivity contribution in [2.24, 2.45) is 0 Å². The molecule has 0 saturated heterocycles. The number of Topliss-reactive ketones (excluding diaryl/α,β-unsaturated/α-hetero) is 1. The fraction of sp³-hybridized carbons (Fsp3) is 0.333. The first kappa shape index (κ1) is 10.5. The number of halogens is 1. The Balaban J connectivity index is 2.63. The molecular weight excluding hydrogens is 206 g/mol. The van der Waals surface area contributed by atoms with Gasteiger partial charge in [-0.25, -0.2) is 0 Å². The maximum atomic E-state index is 11.3. The Kier molecular flexibility index (Phi) is 4.25. The van der Waals surface area contributed by atoms with E-state index >= 15 is 0 Å². The van der Waals surface area contributed by atoms with Crippen molar-refractivity contribution in [3.63, 3.8) is 0 Å². The second kappa shape index (κ2) is 5.25. The summed E-state index contributed by atoms with van der Waals surface area (Å²) in [4.78, 5) is 15.1. The average molecular weight is 216 g/mol. The minimum Gasteiger partial charge on any atom is -0.298 e. The van der Waals surface area contributed by atoms with E-state index in [1.165, 1.54) is 11.8 Å². The van der Waals surface area contributed by atoms with Gasteiger partial charge in [0.15, 0.2) is 0 Å². The van der Waals surface area contributed by atoms with Crippen LogP contribution in [0.4, 0.5) is 0 Å². The van der Waals surface area contributed by atoms with Crippen LogP contribution in [0.2, 0.25) is 5.02 Å². The third kappa shape index (κ3) is 3.36. The van der Waals surface area contributed by atoms with Crippen molar-refractivity contribution in [2.75, 3.05) is 12.0 Å². The fourth-order valence-corrected chi connectivity index (χ4v) is 1.58. The quantitative estimate of drug-likeness (QED) is 0.772. The van der Waals surface area contributed by atoms with Gasteiger partial charge >= 0.3 is 0 Å². The Bertz CT molecular complexity index is 303. The average Bonchev–Trinajstić information content (AvgIpc) is 2.09. The Labute approximate surface area is 86.7 Å². The normalized spacial score (nSPS) is 10.0. The molecule has 4 heteroatoms. The van der Waals surface area contributed by atoms with Crippen molar-refractivity contribution in [3.8, 4) is 0 Å². The lowest BCUT2D eigenvalue weighted by Crippen LogP contribution is -2.05. The topological polar surface area (TPSA) is 30.0 Å². The molecule has 70 valence electrons. The lowest BCUT2D eigenvalue weighted by atomic mass is 10.1. The van der Waals surface area contributed by atoms with E-state index in [4.69, 9.17) is 11.6 Å². The van der Waals surface area contributed by atoms with Crippen LogP contribution in [0.25, 0.3) is 0 Å². The van der Waals surface area contributed by atoms with E-state index < -0.39 is 0 Å². The van der Waals surface area contributed by atoms with Crippen LogP contribution in [0.5, 0.6) is 0 Å². The van der Waals surface area contributed by atoms with Crippen molar-refractivity contribution in [1.29, 1.82) is 0 Å². The van der Waals surface area contributed by atoms with Gasteiger partial charge in [-0.3, -0.25) is 9.78 Å². The summed E-state index contributed by atoms with van der Waals surface area (Å²) in [6, 6.07) is 1.78. The summed E-state index contributed by atoms with van der Waals surface area (Å²) in [5, 5.41) is 0.567. The number of carbonyl (C=O) groups excluding carboxylic acids is 1. The summed E-state index contributed by atoms with van der Waals surface area (Å²) >= 11 is 7.37. The molecule has 0 atom stereocenters. The molecule has 0 aliphatic heterocycles. The molecule has 13 heavy (non-hydrogen) atoms. The van der Waals surface area contributed by atoms with Crippen molar-refractivity contribution in [2.45, 2.75) is 6.42 Å². The number of ketones is 1. The molecule has 0 fully saturated rings. The third-order valence-electron chi connectivity index (χ3n) is 1.55. The molecule has 0 spiro atoms. The molecule has 0 unspecified atom stereocenters. The van der Waals surface area contributed by atoms with Gasteiger partial charge in [-0.2, -0.15) is 11.8 Å². The molecule has 1 aromatic heterocycles. The van der Waals surface area contributed by atoms with Crippen LogP contribution in [0, 0.1) is 0 Å². The second-order valence-electron chi connectivity index (χ2n) is 2.62. The monoisotopic (exact) mass is 215 g/mol. The number of hydrogen-bond donors (Lipinski definition) is 0. The highest BCUT2D eigenvalue weighted by Gasteiger charge is 2.05. The Morgan fingerprint density at radius 3 is 3.08 bits per heavy atom. The summed E-state index contributed by atoms with van der Waals surface area (Å²) in [5.74, 6) is 0.735. The Morgan fingerprint density at radius 2 is 2.46 bits per heavy atom. The number of aromatic nitrogens is 1. The maximum absolute atomic E-state index is 11.3. The fourth-order valence-electron chi connectivity index (χ4n) is 0.972. The molecule has 0 amide bonds. The number of pyridine rings is 1. The lowest BCUT2D eigenvalue weighted by molar-refractivity contribution is -0.115. The summed E-state index contributed by atoms with van der Waals surface area (Å²) in [7, 11) is 0. The van der Waals surface area contributed by atoms with Crippen molar-refractivity contribution in [3.05, 3.63) is 29.0 Å². The minimum atomic E-state index is 0.195. The van der Waals surface area contributed by atoms with Gasteiger partial charge in [0.25, 0.3) is 0 Å². The van der Waals surface area contributed by atoms with Gasteiger partial charge < -0.3 is 0 Å². The van der Waals surface area contributed by atoms with E-state index in [1.807, 2.05) is 6.26 Å². The van der Waals surface area contributed by atoms with E-state index in [1.54, 1.807) is 18.5 Å². The van der Waals surface area contributed by atoms with Crippen LogP contribution in [0.1, 0.15) is 5.56 Å². The minimum absolute atomic E-state index is 0.195. The van der Waals surface area contributed by atoms with Gasteiger partial charge in [-0.15, -0.1) is 0 Å². The third-order valence-corrected chi connectivity index (χ3v) is 2.50. The number of nitrogens with zero attached hydrogens (tertiary/aromatic N) is 1. The first-order valence-electron chi connectivity index (χ1n) is 3.83. The molecular formula is C9H10ClNOS. The van der Waals surface area contributed by atoms with Crippen LogP contribution in [0.3, 0.4) is 0 Å². The van der Waals surface area contributed by atoms with Crippen LogP contribution in [-0.2, 0) is 11.2 Å². The molecule has 0 radical (unpaired) electrons. The van der Waals surface area contributed by atoms with E-state index in [0.29, 0.717) is 17.2 Å². The predicted octanol–water partition coefficient (Wildman–Crippen LogP) is 2.21. The molecule has 1 rings (SSSR count). The lowest BCUT2D eigenvalue weighted by Gasteiger charge is -2.01. The van der Waals surface area contributed by atoms with Crippen LogP contribution in [-0.4, -0.2) is 22.8 Å². The zero-order chi connectivity index (χ0) is 9.68. The number of hydrogen-bond acceptors (Lipinski definition) is 3. The highest BCUT2D eigenvalue weighted by atomic mass is 35.5. The van der Waals surface area contributed by atoms with Gasteiger partial charge in [-0.1, -0.05) is 11.6 Å². The maximum Gasteiger partial charge on any atom is 0.147 e. The largest absolute Gasteiger partial charge is 0.298 e. The Hall–Kier alpha value is -0.540. The standard InChI is InChI=1S/C9H10ClNOS/c1-13-6-8(12)4-7-2-3-11-5-9(7)10/h2-3,5H,4,6H2,1H3. The summed E-state index contributed by atoms with van der Waals surface area (Å²) < 4.78 is 0. The molecule has 2 nitrogen and oxygen atoms in total. The van der Waals surface area contributed by atoms with Gasteiger partial charge in [0.1, 0.15) is 5.78 Å². The molecule has 0 bridgehead atoms. The second-order valence-corrected chi connectivity index (χ2v) is 3.89. The number of carbonyl (C=O) groups is 1. The first-order chi connectivity index (χ1) is 6.24.